The fourth-order valence-electron chi connectivity index (χ4n) is 5.34. The van der Waals surface area contributed by atoms with Gasteiger partial charge in [-0.05, 0) is 110 Å². The second-order valence-electron chi connectivity index (χ2n) is 12.3. The number of rotatable bonds is 7. The SMILES string of the molecule is CC1C(=O)N(CCCN2CCC3(CC3)[C@H](O[Si](C)(C)C(C)(C)C)C2)CCN1c1cccc(I)c1. The van der Waals surface area contributed by atoms with Crippen LogP contribution in [0.25, 0.3) is 0 Å². The highest BCUT2D eigenvalue weighted by atomic mass is 127. The largest absolute Gasteiger partial charge is 0.412 e. The number of nitrogens with zero attached hydrogens (tertiary/aromatic N) is 3. The smallest absolute Gasteiger partial charge is 0.245 e. The van der Waals surface area contributed by atoms with Crippen molar-refractivity contribution < 1.29 is 9.22 Å². The van der Waals surface area contributed by atoms with Gasteiger partial charge >= 0.3 is 0 Å². The van der Waals surface area contributed by atoms with Crippen LogP contribution in [-0.4, -0.2) is 75.4 Å². The average molecular weight is 598 g/mol. The minimum atomic E-state index is -1.77. The van der Waals surface area contributed by atoms with Crippen molar-refractivity contribution in [2.75, 3.05) is 44.2 Å². The number of halogens is 1. The Bertz CT molecular complexity index is 883. The van der Waals surface area contributed by atoms with Crippen molar-refractivity contribution >= 4 is 42.5 Å². The van der Waals surface area contributed by atoms with Crippen molar-refractivity contribution in [2.45, 2.75) is 83.7 Å². The normalized spacial score (nSPS) is 25.8. The van der Waals surface area contributed by atoms with Gasteiger partial charge in [0.05, 0.1) is 6.10 Å². The van der Waals surface area contributed by atoms with E-state index in [0.717, 1.165) is 44.8 Å². The van der Waals surface area contributed by atoms with Gasteiger partial charge in [-0.3, -0.25) is 4.79 Å². The Balaban J connectivity index is 1.28. The summed E-state index contributed by atoms with van der Waals surface area (Å²) in [6.45, 7) is 19.8. The molecule has 3 aliphatic rings. The van der Waals surface area contributed by atoms with Crippen LogP contribution in [0.3, 0.4) is 0 Å². The van der Waals surface area contributed by atoms with Crippen LogP contribution < -0.4 is 4.90 Å². The Morgan fingerprint density at radius 3 is 2.50 bits per heavy atom. The summed E-state index contributed by atoms with van der Waals surface area (Å²) in [5.41, 5.74) is 1.62. The number of benzene rings is 1. The lowest BCUT2D eigenvalue weighted by Crippen LogP contribution is -2.56. The van der Waals surface area contributed by atoms with Gasteiger partial charge in [-0.2, -0.15) is 0 Å². The van der Waals surface area contributed by atoms with Gasteiger partial charge in [-0.1, -0.05) is 26.8 Å². The number of piperazine rings is 1. The molecule has 2 saturated heterocycles. The number of hydrogen-bond acceptors (Lipinski definition) is 4. The molecule has 7 heteroatoms. The molecule has 34 heavy (non-hydrogen) atoms. The Morgan fingerprint density at radius 2 is 1.85 bits per heavy atom. The second kappa shape index (κ2) is 10.0. The molecule has 0 N–H and O–H groups in total. The molecule has 1 aromatic carbocycles. The van der Waals surface area contributed by atoms with Crippen LogP contribution in [0.4, 0.5) is 5.69 Å². The van der Waals surface area contributed by atoms with Crippen molar-refractivity contribution in [1.82, 2.24) is 9.80 Å². The van der Waals surface area contributed by atoms with Crippen LogP contribution in [-0.2, 0) is 9.22 Å². The van der Waals surface area contributed by atoms with Crippen molar-refractivity contribution in [1.29, 1.82) is 0 Å². The van der Waals surface area contributed by atoms with E-state index in [2.05, 4.69) is 102 Å². The zero-order chi connectivity index (χ0) is 24.7. The summed E-state index contributed by atoms with van der Waals surface area (Å²) in [6.07, 6.45) is 5.40. The zero-order valence-corrected chi connectivity index (χ0v) is 25.2. The van der Waals surface area contributed by atoms with E-state index in [1.807, 2.05) is 0 Å². The molecular formula is C27H44IN3O2Si. The molecule has 1 spiro atoms. The monoisotopic (exact) mass is 597 g/mol. The van der Waals surface area contributed by atoms with E-state index in [1.165, 1.54) is 29.4 Å². The van der Waals surface area contributed by atoms with Crippen LogP contribution in [0.1, 0.15) is 53.4 Å². The van der Waals surface area contributed by atoms with Crippen LogP contribution in [0, 0.1) is 8.99 Å². The Kier molecular flexibility index (Phi) is 7.78. The number of likely N-dealkylation sites (tertiary alicyclic amines) is 1. The lowest BCUT2D eigenvalue weighted by atomic mass is 9.90. The molecule has 1 amide bonds. The molecule has 0 aromatic heterocycles. The Hall–Kier alpha value is -0.643. The summed E-state index contributed by atoms with van der Waals surface area (Å²) in [5.74, 6) is 0.264. The number of carbonyl (C=O) groups excluding carboxylic acids is 1. The predicted octanol–water partition coefficient (Wildman–Crippen LogP) is 5.59. The number of anilines is 1. The maximum Gasteiger partial charge on any atom is 0.245 e. The van der Waals surface area contributed by atoms with Gasteiger partial charge in [0.2, 0.25) is 5.91 Å². The zero-order valence-electron chi connectivity index (χ0n) is 22.1. The summed E-state index contributed by atoms with van der Waals surface area (Å²) in [6, 6.07) is 8.37. The number of hydrogen-bond donors (Lipinski definition) is 0. The van der Waals surface area contributed by atoms with Crippen molar-refractivity contribution in [3.8, 4) is 0 Å². The molecular weight excluding hydrogens is 553 g/mol. The summed E-state index contributed by atoms with van der Waals surface area (Å²) >= 11 is 2.34. The third-order valence-electron chi connectivity index (χ3n) is 8.96. The standard InChI is InChI=1S/C27H44IN3O2Si/c1-21-25(32)30(17-18-31(21)23-10-7-9-22(28)19-23)15-8-14-29-16-13-27(11-12-27)24(20-29)33-34(5,6)26(2,3)4/h7,9-10,19,21,24H,8,11-18,20H2,1-6H3/t21?,24-/m1/s1. The van der Waals surface area contributed by atoms with Crippen LogP contribution in [0.2, 0.25) is 18.1 Å². The molecule has 5 nitrogen and oxygen atoms in total. The Labute approximate surface area is 221 Å². The fraction of sp³-hybridized carbons (Fsp3) is 0.741. The molecule has 3 fully saturated rings. The first kappa shape index (κ1) is 26.4. The molecule has 1 saturated carbocycles. The minimum absolute atomic E-state index is 0.0981. The lowest BCUT2D eigenvalue weighted by Gasteiger charge is -2.46. The van der Waals surface area contributed by atoms with Crippen molar-refractivity contribution in [2.24, 2.45) is 5.41 Å². The van der Waals surface area contributed by atoms with Gasteiger partial charge in [0.1, 0.15) is 6.04 Å². The summed E-state index contributed by atoms with van der Waals surface area (Å²) in [7, 11) is -1.77. The number of amides is 1. The van der Waals surface area contributed by atoms with Gasteiger partial charge < -0.3 is 19.1 Å². The van der Waals surface area contributed by atoms with E-state index in [-0.39, 0.29) is 17.0 Å². The molecule has 2 atom stereocenters. The van der Waals surface area contributed by atoms with E-state index in [9.17, 15) is 4.79 Å². The first-order chi connectivity index (χ1) is 15.9. The Morgan fingerprint density at radius 1 is 1.12 bits per heavy atom. The maximum absolute atomic E-state index is 13.1. The molecule has 1 unspecified atom stereocenters. The van der Waals surface area contributed by atoms with Crippen LogP contribution >= 0.6 is 22.6 Å². The fourth-order valence-corrected chi connectivity index (χ4v) is 7.25. The van der Waals surface area contributed by atoms with Gasteiger partial charge in [0.25, 0.3) is 0 Å². The third-order valence-corrected chi connectivity index (χ3v) is 14.1. The molecule has 190 valence electrons. The van der Waals surface area contributed by atoms with E-state index >= 15 is 0 Å². The molecule has 0 bridgehead atoms. The van der Waals surface area contributed by atoms with Gasteiger partial charge in [-0.15, -0.1) is 0 Å². The van der Waals surface area contributed by atoms with Crippen LogP contribution in [0.15, 0.2) is 24.3 Å². The van der Waals surface area contributed by atoms with Crippen molar-refractivity contribution in [3.05, 3.63) is 27.8 Å². The topological polar surface area (TPSA) is 36.0 Å². The number of piperidine rings is 1. The second-order valence-corrected chi connectivity index (χ2v) is 18.3. The van der Waals surface area contributed by atoms with E-state index in [4.69, 9.17) is 4.43 Å². The van der Waals surface area contributed by atoms with Gasteiger partial charge in [0.15, 0.2) is 8.32 Å². The molecule has 2 heterocycles. The predicted molar refractivity (Wildman–Crippen MR) is 152 cm³/mol. The number of carbonyl (C=O) groups is 1. The van der Waals surface area contributed by atoms with E-state index < -0.39 is 8.32 Å². The van der Waals surface area contributed by atoms with Crippen molar-refractivity contribution in [3.63, 3.8) is 0 Å². The highest BCUT2D eigenvalue weighted by molar-refractivity contribution is 14.1. The summed E-state index contributed by atoms with van der Waals surface area (Å²) in [4.78, 5) is 20.1. The minimum Gasteiger partial charge on any atom is -0.412 e. The molecule has 1 aromatic rings. The van der Waals surface area contributed by atoms with E-state index in [1.54, 1.807) is 0 Å². The maximum atomic E-state index is 13.1. The lowest BCUT2D eigenvalue weighted by molar-refractivity contribution is -0.134. The summed E-state index contributed by atoms with van der Waals surface area (Å²) in [5, 5.41) is 0.253. The molecule has 1 aliphatic carbocycles. The molecule has 4 rings (SSSR count). The summed E-state index contributed by atoms with van der Waals surface area (Å²) < 4.78 is 8.18. The van der Waals surface area contributed by atoms with Crippen LogP contribution in [0.5, 0.6) is 0 Å². The highest BCUT2D eigenvalue weighted by Crippen LogP contribution is 2.56. The van der Waals surface area contributed by atoms with E-state index in [0.29, 0.717) is 11.5 Å². The molecule has 0 radical (unpaired) electrons. The average Bonchev–Trinajstić information content (AvgIpc) is 3.53. The first-order valence-corrected chi connectivity index (χ1v) is 17.1. The van der Waals surface area contributed by atoms with Gasteiger partial charge in [-0.25, -0.2) is 0 Å². The molecule has 2 aliphatic heterocycles. The quantitative estimate of drug-likeness (QED) is 0.303. The first-order valence-electron chi connectivity index (χ1n) is 13.1. The van der Waals surface area contributed by atoms with Gasteiger partial charge in [0, 0.05) is 35.4 Å². The third kappa shape index (κ3) is 5.68. The highest BCUT2D eigenvalue weighted by Gasteiger charge is 2.54.